The first-order chi connectivity index (χ1) is 24.3. The average Bonchev–Trinajstić information content (AvgIpc) is 4.00. The minimum Gasteiger partial charge on any atom is -0.396 e. The van der Waals surface area contributed by atoms with Crippen molar-refractivity contribution in [3.8, 4) is 0 Å². The first-order valence-electron chi connectivity index (χ1n) is 18.4. The number of rotatable bonds is 20. The Hall–Kier alpha value is -1.95. The third-order valence-electron chi connectivity index (χ3n) is 11.1. The Balaban J connectivity index is 0.000000360. The van der Waals surface area contributed by atoms with Crippen LogP contribution in [0.2, 0.25) is 0 Å². The monoisotopic (exact) mass is 744 g/mol. The summed E-state index contributed by atoms with van der Waals surface area (Å²) in [7, 11) is 0. The summed E-state index contributed by atoms with van der Waals surface area (Å²) in [6.07, 6.45) is 2.37. The summed E-state index contributed by atoms with van der Waals surface area (Å²) < 4.78 is 16.7. The Morgan fingerprint density at radius 2 is 1.27 bits per heavy atom. The van der Waals surface area contributed by atoms with E-state index in [4.69, 9.17) is 14.2 Å². The predicted octanol–water partition coefficient (Wildman–Crippen LogP) is 0.624. The van der Waals surface area contributed by atoms with E-state index in [9.17, 15) is 55.2 Å². The van der Waals surface area contributed by atoms with Gasteiger partial charge in [0.25, 0.3) is 0 Å². The number of carbonyl (C=O) groups is 3. The maximum atomic E-state index is 12.8. The first-order valence-corrected chi connectivity index (χ1v) is 18.4. The number of ether oxygens (including phenoxy) is 3. The van der Waals surface area contributed by atoms with Crippen LogP contribution in [-0.4, -0.2) is 138 Å². The van der Waals surface area contributed by atoms with E-state index in [1.54, 1.807) is 27.7 Å². The fourth-order valence-corrected chi connectivity index (χ4v) is 7.39. The lowest BCUT2D eigenvalue weighted by Crippen LogP contribution is -2.53. The quantitative estimate of drug-likeness (QED) is 0.0630. The molecule has 0 spiro atoms. The lowest BCUT2D eigenvalue weighted by molar-refractivity contribution is -0.258. The molecule has 0 aromatic carbocycles. The summed E-state index contributed by atoms with van der Waals surface area (Å²) in [6, 6.07) is 0. The van der Waals surface area contributed by atoms with Gasteiger partial charge in [0.15, 0.2) is 5.79 Å². The number of aliphatic hydroxyl groups is 8. The van der Waals surface area contributed by atoms with E-state index in [2.05, 4.69) is 0 Å². The van der Waals surface area contributed by atoms with E-state index >= 15 is 0 Å². The highest BCUT2D eigenvalue weighted by atomic mass is 16.6. The van der Waals surface area contributed by atoms with Crippen molar-refractivity contribution < 1.29 is 69.4 Å². The molecule has 0 saturated carbocycles. The number of allylic oxidation sites excluding steroid dienone is 2. The molecule has 52 heavy (non-hydrogen) atoms. The van der Waals surface area contributed by atoms with Gasteiger partial charge in [0.05, 0.1) is 86.7 Å². The Kier molecular flexibility index (Phi) is 17.4. The Morgan fingerprint density at radius 3 is 1.65 bits per heavy atom. The smallest absolute Gasteiger partial charge is 0.167 e. The number of hydrogen-bond acceptors (Lipinski definition) is 14. The van der Waals surface area contributed by atoms with Crippen LogP contribution in [0.4, 0.5) is 0 Å². The number of aliphatic hydroxyl groups excluding tert-OH is 7. The molecule has 0 aliphatic carbocycles. The Labute approximate surface area is 307 Å². The predicted molar refractivity (Wildman–Crippen MR) is 189 cm³/mol. The molecule has 8 N–H and O–H groups in total. The summed E-state index contributed by atoms with van der Waals surface area (Å²) in [5.74, 6) is -7.18. The highest BCUT2D eigenvalue weighted by Crippen LogP contribution is 2.48. The van der Waals surface area contributed by atoms with Crippen molar-refractivity contribution in [2.75, 3.05) is 26.4 Å². The molecule has 3 aliphatic heterocycles. The molecule has 3 saturated heterocycles. The molecule has 0 radical (unpaired) electrons. The maximum Gasteiger partial charge on any atom is 0.167 e. The van der Waals surface area contributed by atoms with Crippen LogP contribution >= 0.6 is 0 Å². The van der Waals surface area contributed by atoms with Gasteiger partial charge in [0, 0.05) is 31.1 Å². The van der Waals surface area contributed by atoms with E-state index in [-0.39, 0.29) is 55.7 Å². The van der Waals surface area contributed by atoms with Gasteiger partial charge in [-0.15, -0.1) is 0 Å². The third-order valence-corrected chi connectivity index (χ3v) is 11.1. The van der Waals surface area contributed by atoms with Gasteiger partial charge in [0.1, 0.15) is 28.6 Å². The summed E-state index contributed by atoms with van der Waals surface area (Å²) in [4.78, 5) is 37.1. The maximum absolute atomic E-state index is 12.8. The number of carbonyl (C=O) groups excluding carboxylic acids is 3. The van der Waals surface area contributed by atoms with Crippen molar-refractivity contribution >= 4 is 17.3 Å². The van der Waals surface area contributed by atoms with Gasteiger partial charge < -0.3 is 55.1 Å². The zero-order valence-corrected chi connectivity index (χ0v) is 31.9. The standard InChI is InChI=1S/2C19H32O7/c1-5-7-11(3)17-18(4,26-17)16(23)12(9-20)15(22)13-10-25-19(24,6-2)8-14(13)21;1-5-7-11(3)18-19(4,26-18)17(25)14(10-21)16(24)13(9-20)15(23)8-12(22)6-2/h5,7,11-14,16-17,20-21,23-24H,6,8-10H2,1-4H3;5,7,11,13-15,17-18,20-21,23,25H,6,8-10H2,1-4H3/b2*7-5-/t11-,12+,13-,14-,16-,17-,18+,19-;11-,13-,14+,15-,17-,18-,19+/m00/s1. The Bertz CT molecular complexity index is 1240. The zero-order valence-electron chi connectivity index (χ0n) is 31.9. The Morgan fingerprint density at radius 1 is 0.808 bits per heavy atom. The molecule has 14 heteroatoms. The van der Waals surface area contributed by atoms with Crippen molar-refractivity contribution in [2.24, 2.45) is 35.5 Å². The van der Waals surface area contributed by atoms with Gasteiger partial charge in [-0.2, -0.15) is 0 Å². The van der Waals surface area contributed by atoms with Crippen LogP contribution in [0.15, 0.2) is 24.3 Å². The summed E-state index contributed by atoms with van der Waals surface area (Å²) >= 11 is 0. The summed E-state index contributed by atoms with van der Waals surface area (Å²) in [5.41, 5.74) is -1.92. The van der Waals surface area contributed by atoms with Crippen molar-refractivity contribution in [3.05, 3.63) is 24.3 Å². The molecule has 0 aromatic rings. The highest BCUT2D eigenvalue weighted by molar-refractivity contribution is 5.86. The van der Waals surface area contributed by atoms with E-state index in [1.165, 1.54) is 0 Å². The molecular formula is C38H64O14. The number of Topliss-reactive ketones (excluding diaryl/α,β-unsaturated/α-hetero) is 3. The zero-order chi connectivity index (χ0) is 39.8. The summed E-state index contributed by atoms with van der Waals surface area (Å²) in [6.45, 7) is 12.4. The second kappa shape index (κ2) is 19.6. The fourth-order valence-electron chi connectivity index (χ4n) is 7.39. The largest absolute Gasteiger partial charge is 0.396 e. The molecule has 15 atom stereocenters. The number of epoxide rings is 2. The molecule has 3 aliphatic rings. The van der Waals surface area contributed by atoms with Crippen molar-refractivity contribution in [2.45, 2.75) is 135 Å². The van der Waals surface area contributed by atoms with Gasteiger partial charge in [-0.3, -0.25) is 14.4 Å². The van der Waals surface area contributed by atoms with Gasteiger partial charge >= 0.3 is 0 Å². The minimum atomic E-state index is -1.44. The average molecular weight is 745 g/mol. The lowest BCUT2D eigenvalue weighted by atomic mass is 9.78. The highest BCUT2D eigenvalue weighted by Gasteiger charge is 2.63. The number of hydrogen-bond donors (Lipinski definition) is 8. The fraction of sp³-hybridized carbons (Fsp3) is 0.816. The van der Waals surface area contributed by atoms with Crippen molar-refractivity contribution in [1.82, 2.24) is 0 Å². The van der Waals surface area contributed by atoms with Gasteiger partial charge in [-0.05, 0) is 34.1 Å². The molecule has 0 amide bonds. The van der Waals surface area contributed by atoms with Crippen molar-refractivity contribution in [1.29, 1.82) is 0 Å². The second-order valence-electron chi connectivity index (χ2n) is 14.9. The first kappa shape index (κ1) is 46.2. The van der Waals surface area contributed by atoms with Crippen LogP contribution in [0.3, 0.4) is 0 Å². The molecule has 0 aromatic heterocycles. The van der Waals surface area contributed by atoms with Crippen molar-refractivity contribution in [3.63, 3.8) is 0 Å². The van der Waals surface area contributed by atoms with Crippen LogP contribution in [0.5, 0.6) is 0 Å². The van der Waals surface area contributed by atoms with E-state index in [0.29, 0.717) is 6.42 Å². The molecule has 300 valence electrons. The third kappa shape index (κ3) is 10.6. The minimum absolute atomic E-state index is 0.0236. The molecule has 3 rings (SSSR count). The lowest BCUT2D eigenvalue weighted by Gasteiger charge is -2.39. The SMILES string of the molecule is C/C=C\[C@H](C)[C@@H]1O[C@]1(C)[C@@H](O)[C@H](CO)C(=O)[C@@H](CO)[C@@H](O)CC(=O)CC.C/C=C\[C@H](C)[C@@H]1O[C@]1(C)[C@@H](O)[C@H](CO)C(=O)[C@H]1CO[C@@](O)(CC)C[C@@H]1O. The topological polar surface area (TPSA) is 247 Å². The van der Waals surface area contributed by atoms with Crippen LogP contribution in [0.25, 0.3) is 0 Å². The van der Waals surface area contributed by atoms with E-state index in [0.717, 1.165) is 0 Å². The van der Waals surface area contributed by atoms with Gasteiger partial charge in [0.2, 0.25) is 0 Å². The number of ketones is 3. The molecule has 14 nitrogen and oxygen atoms in total. The normalized spacial score (nSPS) is 34.7. The molecule has 3 heterocycles. The molecule has 3 fully saturated rings. The van der Waals surface area contributed by atoms with E-state index in [1.807, 2.05) is 52.0 Å². The molecule has 0 unspecified atom stereocenters. The van der Waals surface area contributed by atoms with Crippen LogP contribution in [0.1, 0.15) is 81.1 Å². The second-order valence-corrected chi connectivity index (χ2v) is 14.9. The van der Waals surface area contributed by atoms with E-state index < -0.39 is 96.5 Å². The van der Waals surface area contributed by atoms with Gasteiger partial charge in [-0.25, -0.2) is 0 Å². The van der Waals surface area contributed by atoms with Gasteiger partial charge in [-0.1, -0.05) is 52.0 Å². The van der Waals surface area contributed by atoms with Crippen LogP contribution in [0, 0.1) is 35.5 Å². The molecular weight excluding hydrogens is 680 g/mol. The summed E-state index contributed by atoms with van der Waals surface area (Å²) in [5, 5.41) is 80.8. The van der Waals surface area contributed by atoms with Crippen LogP contribution in [-0.2, 0) is 28.6 Å². The molecule has 0 bridgehead atoms. The van der Waals surface area contributed by atoms with Crippen LogP contribution < -0.4 is 0 Å².